The lowest BCUT2D eigenvalue weighted by atomic mass is 10.2. The van der Waals surface area contributed by atoms with Gasteiger partial charge in [0.25, 0.3) is 0 Å². The van der Waals surface area contributed by atoms with Crippen LogP contribution in [0.2, 0.25) is 0 Å². The van der Waals surface area contributed by atoms with Gasteiger partial charge in [0.15, 0.2) is 0 Å². The Hall–Kier alpha value is -0.650. The zero-order chi connectivity index (χ0) is 13.7. The molecule has 104 valence electrons. The highest BCUT2D eigenvalue weighted by atomic mass is 79.9. The second-order valence-corrected chi connectivity index (χ2v) is 7.16. The topological polar surface area (TPSA) is 40.5 Å². The van der Waals surface area contributed by atoms with Crippen LogP contribution in [-0.2, 0) is 4.79 Å². The third-order valence-electron chi connectivity index (χ3n) is 3.37. The van der Waals surface area contributed by atoms with E-state index in [1.807, 2.05) is 23.1 Å². The van der Waals surface area contributed by atoms with Crippen LogP contribution in [0.4, 0.5) is 0 Å². The molecule has 1 saturated carbocycles. The van der Waals surface area contributed by atoms with Crippen LogP contribution in [0.3, 0.4) is 0 Å². The summed E-state index contributed by atoms with van der Waals surface area (Å²) in [6, 6.07) is 4.25. The summed E-state index contributed by atoms with van der Waals surface area (Å²) in [5.41, 5.74) is 0. The summed E-state index contributed by atoms with van der Waals surface area (Å²) < 4.78 is 1.06. The molecule has 1 aliphatic rings. The second kappa shape index (κ2) is 7.22. The zero-order valence-electron chi connectivity index (χ0n) is 10.7. The largest absolute Gasteiger partial charge is 0.395 e. The van der Waals surface area contributed by atoms with Gasteiger partial charge in [-0.1, -0.05) is 12.8 Å². The Labute approximate surface area is 126 Å². The van der Waals surface area contributed by atoms with Gasteiger partial charge in [-0.15, -0.1) is 11.3 Å². The monoisotopic (exact) mass is 343 g/mol. The van der Waals surface area contributed by atoms with Gasteiger partial charge in [-0.3, -0.25) is 4.79 Å². The summed E-state index contributed by atoms with van der Waals surface area (Å²) in [6.07, 6.45) is 7.94. The molecule has 1 amide bonds. The Bertz CT molecular complexity index is 452. The van der Waals surface area contributed by atoms with E-state index >= 15 is 0 Å². The van der Waals surface area contributed by atoms with Crippen molar-refractivity contribution in [2.45, 2.75) is 31.7 Å². The minimum atomic E-state index is 0.00507. The van der Waals surface area contributed by atoms with E-state index in [4.69, 9.17) is 5.11 Å². The van der Waals surface area contributed by atoms with Crippen LogP contribution in [0.1, 0.15) is 30.6 Å². The fourth-order valence-corrected chi connectivity index (χ4v) is 3.79. The van der Waals surface area contributed by atoms with Crippen molar-refractivity contribution in [1.29, 1.82) is 0 Å². The van der Waals surface area contributed by atoms with Gasteiger partial charge in [-0.25, -0.2) is 0 Å². The van der Waals surface area contributed by atoms with Crippen LogP contribution in [0.5, 0.6) is 0 Å². The molecule has 1 aromatic rings. The Kier molecular flexibility index (Phi) is 5.60. The van der Waals surface area contributed by atoms with E-state index in [0.717, 1.165) is 21.5 Å². The van der Waals surface area contributed by atoms with Gasteiger partial charge >= 0.3 is 0 Å². The minimum absolute atomic E-state index is 0.00507. The van der Waals surface area contributed by atoms with Crippen LogP contribution in [-0.4, -0.2) is 35.1 Å². The Morgan fingerprint density at radius 3 is 2.79 bits per heavy atom. The zero-order valence-corrected chi connectivity index (χ0v) is 13.1. The number of thiophene rings is 1. The lowest BCUT2D eigenvalue weighted by Gasteiger charge is -2.27. The third-order valence-corrected chi connectivity index (χ3v) is 4.96. The van der Waals surface area contributed by atoms with Crippen LogP contribution in [0.25, 0.3) is 6.08 Å². The molecule has 0 bridgehead atoms. The molecule has 0 spiro atoms. The van der Waals surface area contributed by atoms with Crippen LogP contribution >= 0.6 is 27.3 Å². The molecule has 0 unspecified atom stereocenters. The quantitative estimate of drug-likeness (QED) is 0.833. The molecule has 1 aromatic heterocycles. The van der Waals surface area contributed by atoms with Crippen molar-refractivity contribution in [2.75, 3.05) is 13.2 Å². The van der Waals surface area contributed by atoms with Gasteiger partial charge in [-0.2, -0.15) is 0 Å². The SMILES string of the molecule is O=C(C=Cc1ccc(Br)s1)N(CCO)C1CCCC1. The van der Waals surface area contributed by atoms with Gasteiger partial charge in [0.1, 0.15) is 0 Å². The molecular weight excluding hydrogens is 326 g/mol. The fraction of sp³-hybridized carbons (Fsp3) is 0.500. The number of hydrogen-bond acceptors (Lipinski definition) is 3. The molecule has 2 rings (SSSR count). The number of nitrogens with zero attached hydrogens (tertiary/aromatic N) is 1. The summed E-state index contributed by atoms with van der Waals surface area (Å²) in [6.45, 7) is 0.461. The molecule has 0 atom stereocenters. The number of carbonyl (C=O) groups is 1. The second-order valence-electron chi connectivity index (χ2n) is 4.67. The molecule has 1 aliphatic carbocycles. The molecule has 3 nitrogen and oxygen atoms in total. The molecular formula is C14H18BrNO2S. The lowest BCUT2D eigenvalue weighted by molar-refractivity contribution is -0.128. The standard InChI is InChI=1S/C14H18BrNO2S/c15-13-7-5-12(19-13)6-8-14(18)16(9-10-17)11-3-1-2-4-11/h5-8,11,17H,1-4,9-10H2. The normalized spacial score (nSPS) is 16.3. The van der Waals surface area contributed by atoms with E-state index in [1.54, 1.807) is 17.4 Å². The molecule has 1 heterocycles. The Morgan fingerprint density at radius 2 is 2.21 bits per heavy atom. The van der Waals surface area contributed by atoms with Crippen molar-refractivity contribution in [2.24, 2.45) is 0 Å². The van der Waals surface area contributed by atoms with Crippen molar-refractivity contribution < 1.29 is 9.90 Å². The average Bonchev–Trinajstić information content (AvgIpc) is 3.04. The maximum Gasteiger partial charge on any atom is 0.246 e. The number of carbonyl (C=O) groups excluding carboxylic acids is 1. The van der Waals surface area contributed by atoms with E-state index in [2.05, 4.69) is 15.9 Å². The lowest BCUT2D eigenvalue weighted by Crippen LogP contribution is -2.39. The van der Waals surface area contributed by atoms with Gasteiger partial charge < -0.3 is 10.0 Å². The number of amides is 1. The summed E-state index contributed by atoms with van der Waals surface area (Å²) in [5, 5.41) is 9.11. The highest BCUT2D eigenvalue weighted by molar-refractivity contribution is 9.11. The maximum atomic E-state index is 12.2. The summed E-state index contributed by atoms with van der Waals surface area (Å²) in [4.78, 5) is 15.1. The molecule has 1 fully saturated rings. The van der Waals surface area contributed by atoms with E-state index in [1.165, 1.54) is 12.8 Å². The van der Waals surface area contributed by atoms with E-state index in [9.17, 15) is 4.79 Å². The van der Waals surface area contributed by atoms with Crippen LogP contribution in [0, 0.1) is 0 Å². The first kappa shape index (κ1) is 14.8. The van der Waals surface area contributed by atoms with Crippen LogP contribution < -0.4 is 0 Å². The molecule has 1 N–H and O–H groups in total. The number of rotatable bonds is 5. The highest BCUT2D eigenvalue weighted by Gasteiger charge is 2.24. The third kappa shape index (κ3) is 4.16. The van der Waals surface area contributed by atoms with Gasteiger partial charge in [0, 0.05) is 23.5 Å². The summed E-state index contributed by atoms with van der Waals surface area (Å²) in [5.74, 6) is 0.00507. The summed E-state index contributed by atoms with van der Waals surface area (Å²) in [7, 11) is 0. The number of aliphatic hydroxyl groups is 1. The summed E-state index contributed by atoms with van der Waals surface area (Å²) >= 11 is 5.00. The number of halogens is 1. The molecule has 0 aliphatic heterocycles. The Balaban J connectivity index is 2.00. The maximum absolute atomic E-state index is 12.2. The molecule has 5 heteroatoms. The number of hydrogen-bond donors (Lipinski definition) is 1. The van der Waals surface area contributed by atoms with Gasteiger partial charge in [0.05, 0.1) is 10.4 Å². The smallest absolute Gasteiger partial charge is 0.246 e. The molecule has 0 radical (unpaired) electrons. The van der Waals surface area contributed by atoms with Crippen molar-refractivity contribution in [1.82, 2.24) is 4.90 Å². The van der Waals surface area contributed by atoms with E-state index in [0.29, 0.717) is 12.6 Å². The highest BCUT2D eigenvalue weighted by Crippen LogP contribution is 2.25. The predicted octanol–water partition coefficient (Wildman–Crippen LogP) is 3.29. The fourth-order valence-electron chi connectivity index (χ4n) is 2.46. The first-order valence-electron chi connectivity index (χ1n) is 6.55. The van der Waals surface area contributed by atoms with E-state index < -0.39 is 0 Å². The predicted molar refractivity (Wildman–Crippen MR) is 82.1 cm³/mol. The molecule has 19 heavy (non-hydrogen) atoms. The first-order valence-corrected chi connectivity index (χ1v) is 8.16. The molecule has 0 aromatic carbocycles. The molecule has 0 saturated heterocycles. The van der Waals surface area contributed by atoms with Gasteiger partial charge in [0.2, 0.25) is 5.91 Å². The van der Waals surface area contributed by atoms with Gasteiger partial charge in [-0.05, 0) is 47.0 Å². The van der Waals surface area contributed by atoms with Crippen molar-refractivity contribution in [3.8, 4) is 0 Å². The van der Waals surface area contributed by atoms with Crippen molar-refractivity contribution in [3.63, 3.8) is 0 Å². The van der Waals surface area contributed by atoms with Crippen molar-refractivity contribution in [3.05, 3.63) is 26.9 Å². The number of aliphatic hydroxyl groups excluding tert-OH is 1. The first-order chi connectivity index (χ1) is 9.20. The minimum Gasteiger partial charge on any atom is -0.395 e. The van der Waals surface area contributed by atoms with Crippen molar-refractivity contribution >= 4 is 39.2 Å². The van der Waals surface area contributed by atoms with Crippen LogP contribution in [0.15, 0.2) is 22.0 Å². The van der Waals surface area contributed by atoms with E-state index in [-0.39, 0.29) is 12.5 Å². The Morgan fingerprint density at radius 1 is 1.47 bits per heavy atom. The average molecular weight is 344 g/mol.